The van der Waals surface area contributed by atoms with Gasteiger partial charge in [-0.05, 0) is 54.9 Å². The minimum Gasteiger partial charge on any atom is -0.378 e. The van der Waals surface area contributed by atoms with Crippen LogP contribution in [0.4, 0.5) is 5.69 Å². The molecule has 0 radical (unpaired) electrons. The Bertz CT molecular complexity index is 737. The summed E-state index contributed by atoms with van der Waals surface area (Å²) in [5.74, 6) is 0. The van der Waals surface area contributed by atoms with Gasteiger partial charge in [-0.1, -0.05) is 50.3 Å². The van der Waals surface area contributed by atoms with Gasteiger partial charge >= 0.3 is 0 Å². The first-order valence-corrected chi connectivity index (χ1v) is 11.2. The normalized spacial score (nSPS) is 15.2. The molecule has 1 aromatic heterocycles. The van der Waals surface area contributed by atoms with Crippen molar-refractivity contribution in [3.63, 3.8) is 0 Å². The average molecular weight is 411 g/mol. The molecule has 1 heterocycles. The number of hydrogen-bond acceptors (Lipinski definition) is 3. The van der Waals surface area contributed by atoms with Crippen molar-refractivity contribution in [3.8, 4) is 0 Å². The largest absolute Gasteiger partial charge is 0.378 e. The van der Waals surface area contributed by atoms with E-state index in [4.69, 9.17) is 12.2 Å². The number of rotatable bonds is 6. The van der Waals surface area contributed by atoms with Crippen molar-refractivity contribution in [2.45, 2.75) is 64.1 Å². The molecule has 1 aliphatic rings. The van der Waals surface area contributed by atoms with E-state index < -0.39 is 0 Å². The molecule has 0 aliphatic heterocycles. The highest BCUT2D eigenvalue weighted by Crippen LogP contribution is 2.19. The Kier molecular flexibility index (Phi) is 8.29. The average Bonchev–Trinajstić information content (AvgIpc) is 2.70. The molecule has 1 saturated carbocycles. The summed E-state index contributed by atoms with van der Waals surface area (Å²) in [6, 6.07) is 15.3. The molecule has 156 valence electrons. The molecule has 1 N–H and O–H groups in total. The van der Waals surface area contributed by atoms with E-state index in [1.807, 2.05) is 18.3 Å². The van der Waals surface area contributed by atoms with E-state index in [2.05, 4.69) is 64.5 Å². The van der Waals surface area contributed by atoms with E-state index in [0.717, 1.165) is 23.9 Å². The Morgan fingerprint density at radius 1 is 0.966 bits per heavy atom. The Morgan fingerprint density at radius 3 is 2.28 bits per heavy atom. The lowest BCUT2D eigenvalue weighted by molar-refractivity contribution is 0.367. The standard InChI is InChI=1S/C24H34N4S/c1-27(2)23-15-13-20(14-16-23)18-28(19-22-12-8-9-17-25-22)24(29)26-21-10-6-4-3-5-7-11-21/h8-9,12-17,21H,3-7,10-11,18-19H2,1-2H3,(H,26,29). The van der Waals surface area contributed by atoms with Gasteiger partial charge < -0.3 is 15.1 Å². The Labute approximate surface area is 181 Å². The topological polar surface area (TPSA) is 31.4 Å². The van der Waals surface area contributed by atoms with Gasteiger partial charge in [0.2, 0.25) is 0 Å². The summed E-state index contributed by atoms with van der Waals surface area (Å²) in [6.45, 7) is 1.50. The van der Waals surface area contributed by atoms with Crippen molar-refractivity contribution in [2.75, 3.05) is 19.0 Å². The maximum Gasteiger partial charge on any atom is 0.169 e. The van der Waals surface area contributed by atoms with Gasteiger partial charge in [-0.2, -0.15) is 0 Å². The predicted octanol–water partition coefficient (Wildman–Crippen LogP) is 5.14. The molecule has 0 saturated heterocycles. The number of anilines is 1. The van der Waals surface area contributed by atoms with Crippen LogP contribution in [0, 0.1) is 0 Å². The van der Waals surface area contributed by atoms with Gasteiger partial charge in [0, 0.05) is 38.6 Å². The minimum atomic E-state index is 0.491. The van der Waals surface area contributed by atoms with Gasteiger partial charge in [0.15, 0.2) is 5.11 Å². The second kappa shape index (κ2) is 11.1. The van der Waals surface area contributed by atoms with Crippen LogP contribution in [-0.2, 0) is 13.1 Å². The molecule has 0 spiro atoms. The van der Waals surface area contributed by atoms with Gasteiger partial charge in [-0.15, -0.1) is 0 Å². The zero-order valence-corrected chi connectivity index (χ0v) is 18.6. The van der Waals surface area contributed by atoms with Gasteiger partial charge in [-0.3, -0.25) is 4.98 Å². The molecule has 1 fully saturated rings. The molecular weight excluding hydrogens is 376 g/mol. The van der Waals surface area contributed by atoms with Crippen LogP contribution in [0.25, 0.3) is 0 Å². The monoisotopic (exact) mass is 410 g/mol. The van der Waals surface area contributed by atoms with Gasteiger partial charge in [0.1, 0.15) is 0 Å². The lowest BCUT2D eigenvalue weighted by Gasteiger charge is -2.30. The highest BCUT2D eigenvalue weighted by atomic mass is 32.1. The minimum absolute atomic E-state index is 0.491. The van der Waals surface area contributed by atoms with Crippen LogP contribution in [0.2, 0.25) is 0 Å². The van der Waals surface area contributed by atoms with E-state index in [1.165, 1.54) is 56.2 Å². The fourth-order valence-corrected chi connectivity index (χ4v) is 4.17. The van der Waals surface area contributed by atoms with Crippen molar-refractivity contribution in [1.29, 1.82) is 0 Å². The number of nitrogens with one attached hydrogen (secondary N) is 1. The van der Waals surface area contributed by atoms with Crippen LogP contribution < -0.4 is 10.2 Å². The number of nitrogens with zero attached hydrogens (tertiary/aromatic N) is 3. The van der Waals surface area contributed by atoms with Gasteiger partial charge in [-0.25, -0.2) is 0 Å². The highest BCUT2D eigenvalue weighted by Gasteiger charge is 2.17. The third-order valence-corrected chi connectivity index (χ3v) is 6.00. The molecule has 0 atom stereocenters. The van der Waals surface area contributed by atoms with Crippen LogP contribution in [0.1, 0.15) is 56.2 Å². The van der Waals surface area contributed by atoms with Crippen molar-refractivity contribution in [2.24, 2.45) is 0 Å². The highest BCUT2D eigenvalue weighted by molar-refractivity contribution is 7.80. The zero-order valence-electron chi connectivity index (χ0n) is 17.8. The van der Waals surface area contributed by atoms with Gasteiger partial charge in [0.25, 0.3) is 0 Å². The summed E-state index contributed by atoms with van der Waals surface area (Å²) in [5.41, 5.74) is 3.51. The van der Waals surface area contributed by atoms with Crippen LogP contribution in [-0.4, -0.2) is 35.1 Å². The van der Waals surface area contributed by atoms with Crippen LogP contribution >= 0.6 is 12.2 Å². The first-order chi connectivity index (χ1) is 14.1. The van der Waals surface area contributed by atoms with Crippen molar-refractivity contribution in [1.82, 2.24) is 15.2 Å². The third kappa shape index (κ3) is 7.00. The third-order valence-electron chi connectivity index (χ3n) is 5.63. The first-order valence-electron chi connectivity index (χ1n) is 10.8. The predicted molar refractivity (Wildman–Crippen MR) is 126 cm³/mol. The summed E-state index contributed by atoms with van der Waals surface area (Å²) in [4.78, 5) is 8.89. The number of thiocarbonyl (C=S) groups is 1. The number of aromatic nitrogens is 1. The second-order valence-corrected chi connectivity index (χ2v) is 8.62. The zero-order chi connectivity index (χ0) is 20.5. The van der Waals surface area contributed by atoms with Crippen LogP contribution in [0.15, 0.2) is 48.7 Å². The molecule has 0 amide bonds. The fourth-order valence-electron chi connectivity index (χ4n) is 3.87. The lowest BCUT2D eigenvalue weighted by Crippen LogP contribution is -2.44. The Hall–Kier alpha value is -2.14. The van der Waals surface area contributed by atoms with E-state index in [-0.39, 0.29) is 0 Å². The summed E-state index contributed by atoms with van der Waals surface area (Å²) < 4.78 is 0. The molecule has 0 bridgehead atoms. The molecular formula is C24H34N4S. The fraction of sp³-hybridized carbons (Fsp3) is 0.500. The number of benzene rings is 1. The van der Waals surface area contributed by atoms with Crippen LogP contribution in [0.3, 0.4) is 0 Å². The van der Waals surface area contributed by atoms with Gasteiger partial charge in [0.05, 0.1) is 12.2 Å². The van der Waals surface area contributed by atoms with E-state index in [1.54, 1.807) is 0 Å². The molecule has 3 rings (SSSR count). The quantitative estimate of drug-likeness (QED) is 0.667. The Morgan fingerprint density at radius 2 is 1.66 bits per heavy atom. The lowest BCUT2D eigenvalue weighted by atomic mass is 9.97. The molecule has 4 nitrogen and oxygen atoms in total. The summed E-state index contributed by atoms with van der Waals surface area (Å²) in [6.07, 6.45) is 11.0. The summed E-state index contributed by atoms with van der Waals surface area (Å²) in [7, 11) is 4.13. The molecule has 0 unspecified atom stereocenters. The maximum atomic E-state index is 5.88. The van der Waals surface area contributed by atoms with E-state index in [0.29, 0.717) is 6.04 Å². The van der Waals surface area contributed by atoms with Crippen molar-refractivity contribution < 1.29 is 0 Å². The van der Waals surface area contributed by atoms with Crippen molar-refractivity contribution in [3.05, 3.63) is 59.9 Å². The smallest absolute Gasteiger partial charge is 0.169 e. The molecule has 2 aromatic rings. The summed E-state index contributed by atoms with van der Waals surface area (Å²) in [5, 5.41) is 4.52. The number of pyridine rings is 1. The molecule has 1 aliphatic carbocycles. The molecule has 5 heteroatoms. The first kappa shape index (κ1) is 21.6. The molecule has 1 aromatic carbocycles. The van der Waals surface area contributed by atoms with E-state index in [9.17, 15) is 0 Å². The number of hydrogen-bond donors (Lipinski definition) is 1. The molecule has 29 heavy (non-hydrogen) atoms. The summed E-state index contributed by atoms with van der Waals surface area (Å²) >= 11 is 5.88. The van der Waals surface area contributed by atoms with Crippen molar-refractivity contribution >= 4 is 23.0 Å². The Balaban J connectivity index is 1.70. The van der Waals surface area contributed by atoms with E-state index >= 15 is 0 Å². The second-order valence-electron chi connectivity index (χ2n) is 8.23. The van der Waals surface area contributed by atoms with Crippen LogP contribution in [0.5, 0.6) is 0 Å². The maximum absolute atomic E-state index is 5.88. The SMILES string of the molecule is CN(C)c1ccc(CN(Cc2ccccn2)C(=S)NC2CCCCCCC2)cc1.